The number of hydrogen-bond donors (Lipinski definition) is 1. The van der Waals surface area contributed by atoms with E-state index in [0.717, 1.165) is 5.56 Å². The lowest BCUT2D eigenvalue weighted by molar-refractivity contribution is -0.115. The third-order valence-electron chi connectivity index (χ3n) is 1.98. The van der Waals surface area contributed by atoms with Crippen LogP contribution in [0.3, 0.4) is 0 Å². The zero-order valence-corrected chi connectivity index (χ0v) is 8.64. The molecule has 0 fully saturated rings. The highest BCUT2D eigenvalue weighted by Crippen LogP contribution is 2.07. The normalized spacial score (nSPS) is 10.0. The van der Waals surface area contributed by atoms with Crippen molar-refractivity contribution >= 4 is 17.5 Å². The van der Waals surface area contributed by atoms with Gasteiger partial charge < -0.3 is 0 Å². The first-order chi connectivity index (χ1) is 7.69. The lowest BCUT2D eigenvalue weighted by Gasteiger charge is -1.92. The minimum Gasteiger partial charge on any atom is -0.292 e. The number of amides is 1. The Bertz CT molecular complexity index is 580. The maximum absolute atomic E-state index is 11.1. The summed E-state index contributed by atoms with van der Waals surface area (Å²) in [5.74, 6) is -0.194. The molecule has 1 N–H and O–H groups in total. The van der Waals surface area contributed by atoms with Gasteiger partial charge in [-0.1, -0.05) is 0 Å². The number of pyridine rings is 1. The highest BCUT2D eigenvalue weighted by molar-refractivity contribution is 5.90. The van der Waals surface area contributed by atoms with Gasteiger partial charge in [-0.25, -0.2) is 4.52 Å². The number of aryl methyl sites for hydroxylation is 1. The summed E-state index contributed by atoms with van der Waals surface area (Å²) in [4.78, 5) is 15.2. The second-order valence-corrected chi connectivity index (χ2v) is 3.33. The third-order valence-corrected chi connectivity index (χ3v) is 1.98. The van der Waals surface area contributed by atoms with E-state index in [1.807, 2.05) is 19.1 Å². The molecule has 2 heterocycles. The van der Waals surface area contributed by atoms with E-state index in [1.165, 1.54) is 0 Å². The summed E-state index contributed by atoms with van der Waals surface area (Å²) in [6.07, 6.45) is 1.56. The van der Waals surface area contributed by atoms with E-state index >= 15 is 0 Å². The van der Waals surface area contributed by atoms with E-state index in [2.05, 4.69) is 15.4 Å². The van der Waals surface area contributed by atoms with Crippen LogP contribution in [0.4, 0.5) is 5.95 Å². The second kappa shape index (κ2) is 3.98. The molecule has 2 aromatic heterocycles. The maximum atomic E-state index is 11.1. The summed E-state index contributed by atoms with van der Waals surface area (Å²) in [6.45, 7) is 1.95. The van der Waals surface area contributed by atoms with E-state index in [-0.39, 0.29) is 12.4 Å². The zero-order chi connectivity index (χ0) is 11.5. The van der Waals surface area contributed by atoms with Gasteiger partial charge in [-0.05, 0) is 24.6 Å². The van der Waals surface area contributed by atoms with Crippen LogP contribution >= 0.6 is 0 Å². The van der Waals surface area contributed by atoms with Crippen LogP contribution in [0.25, 0.3) is 5.65 Å². The number of rotatable bonds is 2. The van der Waals surface area contributed by atoms with Crippen molar-refractivity contribution < 1.29 is 4.79 Å². The molecule has 0 aliphatic rings. The van der Waals surface area contributed by atoms with Gasteiger partial charge in [0.2, 0.25) is 11.9 Å². The van der Waals surface area contributed by atoms with Crippen molar-refractivity contribution in [3.05, 3.63) is 23.9 Å². The van der Waals surface area contributed by atoms with Gasteiger partial charge in [-0.3, -0.25) is 10.1 Å². The van der Waals surface area contributed by atoms with Crippen LogP contribution in [0.15, 0.2) is 18.3 Å². The minimum atomic E-state index is -0.407. The molecule has 0 radical (unpaired) electrons. The van der Waals surface area contributed by atoms with Crippen LogP contribution in [0, 0.1) is 18.3 Å². The Balaban J connectivity index is 2.27. The Kier molecular flexibility index (Phi) is 2.52. The fraction of sp³-hybridized carbons (Fsp3) is 0.200. The number of carbonyl (C=O) groups is 1. The predicted octanol–water partition coefficient (Wildman–Crippen LogP) is 0.890. The van der Waals surface area contributed by atoms with Gasteiger partial charge in [0.05, 0.1) is 6.07 Å². The molecule has 0 aromatic carbocycles. The average molecular weight is 215 g/mol. The average Bonchev–Trinajstić information content (AvgIpc) is 2.59. The fourth-order valence-electron chi connectivity index (χ4n) is 1.28. The molecule has 1 amide bonds. The van der Waals surface area contributed by atoms with Crippen molar-refractivity contribution in [3.8, 4) is 6.07 Å². The monoisotopic (exact) mass is 215 g/mol. The molecule has 2 rings (SSSR count). The molecule has 0 unspecified atom stereocenters. The molecule has 16 heavy (non-hydrogen) atoms. The Hall–Kier alpha value is -2.42. The van der Waals surface area contributed by atoms with Gasteiger partial charge >= 0.3 is 0 Å². The predicted molar refractivity (Wildman–Crippen MR) is 56.6 cm³/mol. The van der Waals surface area contributed by atoms with Crippen molar-refractivity contribution in [1.29, 1.82) is 5.26 Å². The molecule has 6 nitrogen and oxygen atoms in total. The zero-order valence-electron chi connectivity index (χ0n) is 8.64. The standard InChI is InChI=1S/C10H9N5O/c1-7-3-5-15-8(6-7)12-10(14-15)13-9(16)2-4-11/h3,5-6H,2H2,1H3,(H,13,14,16). The van der Waals surface area contributed by atoms with E-state index in [4.69, 9.17) is 5.26 Å². The number of nitrogens with zero attached hydrogens (tertiary/aromatic N) is 4. The van der Waals surface area contributed by atoms with Gasteiger partial charge in [0, 0.05) is 6.20 Å². The number of aromatic nitrogens is 3. The largest absolute Gasteiger partial charge is 0.292 e. The van der Waals surface area contributed by atoms with Crippen LogP contribution in [-0.4, -0.2) is 20.5 Å². The van der Waals surface area contributed by atoms with Gasteiger partial charge in [0.25, 0.3) is 0 Å². The van der Waals surface area contributed by atoms with E-state index in [0.29, 0.717) is 5.65 Å². The number of nitriles is 1. The van der Waals surface area contributed by atoms with Gasteiger partial charge in [0.15, 0.2) is 5.65 Å². The Morgan fingerprint density at radius 2 is 2.50 bits per heavy atom. The first-order valence-corrected chi connectivity index (χ1v) is 4.69. The lowest BCUT2D eigenvalue weighted by atomic mass is 10.3. The summed E-state index contributed by atoms with van der Waals surface area (Å²) in [5.41, 5.74) is 1.72. The van der Waals surface area contributed by atoms with Crippen molar-refractivity contribution in [3.63, 3.8) is 0 Å². The molecule has 80 valence electrons. The number of hydrogen-bond acceptors (Lipinski definition) is 4. The number of anilines is 1. The summed E-state index contributed by atoms with van der Waals surface area (Å²) < 4.78 is 1.56. The van der Waals surface area contributed by atoms with E-state index in [9.17, 15) is 4.79 Å². The van der Waals surface area contributed by atoms with Gasteiger partial charge in [-0.15, -0.1) is 5.10 Å². The highest BCUT2D eigenvalue weighted by atomic mass is 16.1. The summed E-state index contributed by atoms with van der Waals surface area (Å²) in [6, 6.07) is 5.50. The van der Waals surface area contributed by atoms with Crippen molar-refractivity contribution in [2.45, 2.75) is 13.3 Å². The quantitative estimate of drug-likeness (QED) is 0.806. The molecule has 0 bridgehead atoms. The molecule has 2 aromatic rings. The Morgan fingerprint density at radius 3 is 3.25 bits per heavy atom. The molecule has 0 saturated heterocycles. The van der Waals surface area contributed by atoms with Crippen molar-refractivity contribution in [1.82, 2.24) is 14.6 Å². The van der Waals surface area contributed by atoms with E-state index < -0.39 is 5.91 Å². The molecule has 0 spiro atoms. The molecule has 0 aliphatic carbocycles. The number of carbonyl (C=O) groups excluding carboxylic acids is 1. The van der Waals surface area contributed by atoms with Crippen LogP contribution < -0.4 is 5.32 Å². The third kappa shape index (κ3) is 1.98. The first kappa shape index (κ1) is 10.1. The van der Waals surface area contributed by atoms with Gasteiger partial charge in [-0.2, -0.15) is 10.2 Å². The van der Waals surface area contributed by atoms with Crippen molar-refractivity contribution in [2.75, 3.05) is 5.32 Å². The Labute approximate surface area is 91.5 Å². The van der Waals surface area contributed by atoms with Crippen LogP contribution in [0.2, 0.25) is 0 Å². The molecule has 0 aliphatic heterocycles. The summed E-state index contributed by atoms with van der Waals surface area (Å²) >= 11 is 0. The molecular formula is C10H9N5O. The Morgan fingerprint density at radius 1 is 1.69 bits per heavy atom. The number of fused-ring (bicyclic) bond motifs is 1. The molecule has 0 saturated carbocycles. The minimum absolute atomic E-state index is 0.200. The van der Waals surface area contributed by atoms with Crippen LogP contribution in [0.1, 0.15) is 12.0 Å². The number of nitrogens with one attached hydrogen (secondary N) is 1. The SMILES string of the molecule is Cc1ccn2nc(NC(=O)CC#N)nc2c1. The molecule has 0 atom stereocenters. The highest BCUT2D eigenvalue weighted by Gasteiger charge is 2.06. The van der Waals surface area contributed by atoms with Gasteiger partial charge in [0.1, 0.15) is 6.42 Å². The van der Waals surface area contributed by atoms with E-state index in [1.54, 1.807) is 16.8 Å². The molecule has 6 heteroatoms. The van der Waals surface area contributed by atoms with Crippen LogP contribution in [0.5, 0.6) is 0 Å². The smallest absolute Gasteiger partial charge is 0.249 e. The topological polar surface area (TPSA) is 83.1 Å². The first-order valence-electron chi connectivity index (χ1n) is 4.69. The van der Waals surface area contributed by atoms with Crippen molar-refractivity contribution in [2.24, 2.45) is 0 Å². The summed E-state index contributed by atoms with van der Waals surface area (Å²) in [7, 11) is 0. The fourth-order valence-corrected chi connectivity index (χ4v) is 1.28. The lowest BCUT2D eigenvalue weighted by Crippen LogP contribution is -2.11. The maximum Gasteiger partial charge on any atom is 0.249 e. The second-order valence-electron chi connectivity index (χ2n) is 3.33. The summed E-state index contributed by atoms with van der Waals surface area (Å²) in [5, 5.41) is 14.8. The van der Waals surface area contributed by atoms with Crippen LogP contribution in [-0.2, 0) is 4.79 Å². The molecular weight excluding hydrogens is 206 g/mol.